The molecule has 7 heteroatoms. The van der Waals surface area contributed by atoms with Crippen molar-refractivity contribution in [1.82, 2.24) is 10.3 Å². The van der Waals surface area contributed by atoms with Crippen molar-refractivity contribution in [3.05, 3.63) is 65.2 Å². The summed E-state index contributed by atoms with van der Waals surface area (Å²) in [5, 5.41) is 3.49. The second-order valence-electron chi connectivity index (χ2n) is 6.87. The largest absolute Gasteiger partial charge is 0.455 e. The molecule has 1 N–H and O–H groups in total. The fraction of sp³-hybridized carbons (Fsp3) is 0.318. The standard InChI is InChI=1S/C22H24N2O4S/c1-22(16-8-4-3-5-9-16,21(26)28-15-19(25)23-12-13-27-2)14-20-24-17-10-6-7-11-18(17)29-20/h3-11H,12-15H2,1-2H3,(H,23,25)/t22-/m1/s1. The summed E-state index contributed by atoms with van der Waals surface area (Å²) in [6.07, 6.45) is 0.389. The number of carbonyl (C=O) groups is 2. The van der Waals surface area contributed by atoms with Crippen LogP contribution in [0.1, 0.15) is 17.5 Å². The Hall–Kier alpha value is -2.77. The average molecular weight is 413 g/mol. The van der Waals surface area contributed by atoms with Gasteiger partial charge < -0.3 is 14.8 Å². The number of nitrogens with zero attached hydrogens (tertiary/aromatic N) is 1. The molecular formula is C22H24N2O4S. The van der Waals surface area contributed by atoms with E-state index >= 15 is 0 Å². The molecule has 0 aliphatic carbocycles. The minimum Gasteiger partial charge on any atom is -0.455 e. The molecule has 0 aliphatic heterocycles. The minimum absolute atomic E-state index is 0.329. The molecule has 1 amide bonds. The first-order valence-electron chi connectivity index (χ1n) is 9.36. The van der Waals surface area contributed by atoms with Gasteiger partial charge >= 0.3 is 5.97 Å². The maximum Gasteiger partial charge on any atom is 0.317 e. The summed E-state index contributed by atoms with van der Waals surface area (Å²) in [7, 11) is 1.56. The molecule has 3 aromatic rings. The fourth-order valence-corrected chi connectivity index (χ4v) is 4.15. The number of fused-ring (bicyclic) bond motifs is 1. The van der Waals surface area contributed by atoms with Crippen molar-refractivity contribution in [2.75, 3.05) is 26.9 Å². The molecule has 6 nitrogen and oxygen atoms in total. The Morgan fingerprint density at radius 2 is 1.83 bits per heavy atom. The van der Waals surface area contributed by atoms with E-state index in [0.717, 1.165) is 20.8 Å². The van der Waals surface area contributed by atoms with Gasteiger partial charge in [-0.25, -0.2) is 4.98 Å². The molecule has 29 heavy (non-hydrogen) atoms. The highest BCUT2D eigenvalue weighted by Crippen LogP contribution is 2.33. The van der Waals surface area contributed by atoms with Gasteiger partial charge in [0.2, 0.25) is 0 Å². The topological polar surface area (TPSA) is 77.5 Å². The molecule has 2 aromatic carbocycles. The van der Waals surface area contributed by atoms with E-state index < -0.39 is 11.4 Å². The third-order valence-electron chi connectivity index (χ3n) is 4.67. The van der Waals surface area contributed by atoms with Crippen LogP contribution in [0.5, 0.6) is 0 Å². The summed E-state index contributed by atoms with van der Waals surface area (Å²) in [5.41, 5.74) is 0.778. The lowest BCUT2D eigenvalue weighted by molar-refractivity contribution is -0.154. The highest BCUT2D eigenvalue weighted by molar-refractivity contribution is 7.18. The van der Waals surface area contributed by atoms with Crippen LogP contribution in [0.4, 0.5) is 0 Å². The molecule has 0 unspecified atom stereocenters. The third-order valence-corrected chi connectivity index (χ3v) is 5.70. The predicted molar refractivity (Wildman–Crippen MR) is 113 cm³/mol. The van der Waals surface area contributed by atoms with Crippen molar-refractivity contribution in [3.63, 3.8) is 0 Å². The second-order valence-corrected chi connectivity index (χ2v) is 7.98. The zero-order valence-corrected chi connectivity index (χ0v) is 17.3. The number of thiazole rings is 1. The van der Waals surface area contributed by atoms with Gasteiger partial charge in [0.05, 0.1) is 27.2 Å². The van der Waals surface area contributed by atoms with Crippen LogP contribution in [0, 0.1) is 0 Å². The number of rotatable bonds is 9. The summed E-state index contributed by atoms with van der Waals surface area (Å²) in [6, 6.07) is 17.3. The number of aromatic nitrogens is 1. The van der Waals surface area contributed by atoms with E-state index in [9.17, 15) is 9.59 Å². The van der Waals surface area contributed by atoms with E-state index in [1.54, 1.807) is 18.4 Å². The molecule has 0 aliphatic rings. The first kappa shape index (κ1) is 21.0. The number of hydrogen-bond donors (Lipinski definition) is 1. The van der Waals surface area contributed by atoms with E-state index in [0.29, 0.717) is 19.6 Å². The smallest absolute Gasteiger partial charge is 0.317 e. The van der Waals surface area contributed by atoms with Gasteiger partial charge in [0, 0.05) is 20.1 Å². The lowest BCUT2D eigenvalue weighted by Gasteiger charge is -2.27. The summed E-state index contributed by atoms with van der Waals surface area (Å²) in [6.45, 7) is 2.28. The molecular weight excluding hydrogens is 388 g/mol. The quantitative estimate of drug-likeness (QED) is 0.432. The first-order chi connectivity index (χ1) is 14.0. The molecule has 0 fully saturated rings. The zero-order chi connectivity index (χ0) is 20.7. The van der Waals surface area contributed by atoms with Gasteiger partial charge in [-0.2, -0.15) is 0 Å². The maximum absolute atomic E-state index is 13.1. The van der Waals surface area contributed by atoms with Crippen LogP contribution in [-0.2, 0) is 30.9 Å². The number of methoxy groups -OCH3 is 1. The van der Waals surface area contributed by atoms with E-state index in [1.165, 1.54) is 0 Å². The van der Waals surface area contributed by atoms with Crippen LogP contribution in [0.25, 0.3) is 10.2 Å². The van der Waals surface area contributed by atoms with Gasteiger partial charge in [0.25, 0.3) is 5.91 Å². The van der Waals surface area contributed by atoms with Crippen molar-refractivity contribution >= 4 is 33.4 Å². The van der Waals surface area contributed by atoms with Crippen LogP contribution < -0.4 is 5.32 Å². The SMILES string of the molecule is COCCNC(=O)COC(=O)[C@](C)(Cc1nc2ccccc2s1)c1ccccc1. The highest BCUT2D eigenvalue weighted by Gasteiger charge is 2.38. The van der Waals surface area contributed by atoms with Gasteiger partial charge in [0.15, 0.2) is 6.61 Å². The molecule has 0 spiro atoms. The van der Waals surface area contributed by atoms with E-state index in [4.69, 9.17) is 9.47 Å². The summed E-state index contributed by atoms with van der Waals surface area (Å²) < 4.78 is 11.4. The van der Waals surface area contributed by atoms with Gasteiger partial charge in [-0.15, -0.1) is 11.3 Å². The molecule has 0 saturated carbocycles. The van der Waals surface area contributed by atoms with Crippen molar-refractivity contribution in [3.8, 4) is 0 Å². The Bertz CT molecular complexity index is 940. The highest BCUT2D eigenvalue weighted by atomic mass is 32.1. The number of nitrogens with one attached hydrogen (secondary N) is 1. The number of amides is 1. The Balaban J connectivity index is 1.78. The number of esters is 1. The van der Waals surface area contributed by atoms with Gasteiger partial charge in [-0.1, -0.05) is 42.5 Å². The first-order valence-corrected chi connectivity index (χ1v) is 10.2. The summed E-state index contributed by atoms with van der Waals surface area (Å²) >= 11 is 1.56. The molecule has 3 rings (SSSR count). The number of para-hydroxylation sites is 1. The lowest BCUT2D eigenvalue weighted by Crippen LogP contribution is -2.39. The Labute approximate surface area is 173 Å². The maximum atomic E-state index is 13.1. The Kier molecular flexibility index (Phi) is 6.95. The Morgan fingerprint density at radius 1 is 1.10 bits per heavy atom. The number of ether oxygens (including phenoxy) is 2. The van der Waals surface area contributed by atoms with Crippen molar-refractivity contribution < 1.29 is 19.1 Å². The van der Waals surface area contributed by atoms with Crippen LogP contribution in [-0.4, -0.2) is 43.7 Å². The van der Waals surface area contributed by atoms with Crippen LogP contribution >= 0.6 is 11.3 Å². The zero-order valence-electron chi connectivity index (χ0n) is 16.5. The van der Waals surface area contributed by atoms with Crippen molar-refractivity contribution in [2.24, 2.45) is 0 Å². The second kappa shape index (κ2) is 9.62. The molecule has 0 radical (unpaired) electrons. The number of carbonyl (C=O) groups excluding carboxylic acids is 2. The number of hydrogen-bond acceptors (Lipinski definition) is 6. The number of benzene rings is 2. The van der Waals surface area contributed by atoms with Crippen LogP contribution in [0.15, 0.2) is 54.6 Å². The molecule has 0 saturated heterocycles. The normalized spacial score (nSPS) is 13.0. The van der Waals surface area contributed by atoms with Gasteiger partial charge in [0.1, 0.15) is 0 Å². The van der Waals surface area contributed by atoms with E-state index in [1.807, 2.05) is 61.5 Å². The van der Waals surface area contributed by atoms with Gasteiger partial charge in [-0.3, -0.25) is 9.59 Å². The van der Waals surface area contributed by atoms with E-state index in [2.05, 4.69) is 10.3 Å². The van der Waals surface area contributed by atoms with Crippen LogP contribution in [0.2, 0.25) is 0 Å². The average Bonchev–Trinajstić information content (AvgIpc) is 3.14. The molecule has 0 bridgehead atoms. The van der Waals surface area contributed by atoms with E-state index in [-0.39, 0.29) is 12.5 Å². The Morgan fingerprint density at radius 3 is 2.55 bits per heavy atom. The molecule has 152 valence electrons. The van der Waals surface area contributed by atoms with Crippen molar-refractivity contribution in [2.45, 2.75) is 18.8 Å². The third kappa shape index (κ3) is 5.19. The monoisotopic (exact) mass is 412 g/mol. The lowest BCUT2D eigenvalue weighted by atomic mass is 9.79. The predicted octanol–water partition coefficient (Wildman–Crippen LogP) is 3.10. The molecule has 1 heterocycles. The van der Waals surface area contributed by atoms with Crippen LogP contribution in [0.3, 0.4) is 0 Å². The van der Waals surface area contributed by atoms with Gasteiger partial charge in [-0.05, 0) is 24.6 Å². The molecule has 1 aromatic heterocycles. The summed E-state index contributed by atoms with van der Waals surface area (Å²) in [5.74, 6) is -0.810. The minimum atomic E-state index is -0.956. The molecule has 1 atom stereocenters. The van der Waals surface area contributed by atoms with Crippen molar-refractivity contribution in [1.29, 1.82) is 0 Å². The summed E-state index contributed by atoms with van der Waals surface area (Å²) in [4.78, 5) is 29.6. The fourth-order valence-electron chi connectivity index (χ4n) is 3.03.